The Morgan fingerprint density at radius 3 is 2.53 bits per heavy atom. The summed E-state index contributed by atoms with van der Waals surface area (Å²) in [5.74, 6) is 0.553. The summed E-state index contributed by atoms with van der Waals surface area (Å²) in [6.07, 6.45) is 5.80. The lowest BCUT2D eigenvalue weighted by molar-refractivity contribution is -0.389. The smallest absolute Gasteiger partial charge is 0.415 e. The van der Waals surface area contributed by atoms with Crippen LogP contribution in [0.3, 0.4) is 0 Å². The van der Waals surface area contributed by atoms with Gasteiger partial charge in [-0.2, -0.15) is 0 Å². The highest BCUT2D eigenvalue weighted by molar-refractivity contribution is 9.10. The number of piperazine rings is 1. The molecular formula is C26H28BrN5O4. The molecule has 3 aromatic rings. The zero-order chi connectivity index (χ0) is 25.1. The summed E-state index contributed by atoms with van der Waals surface area (Å²) in [5.41, 5.74) is 1.77. The number of halogens is 1. The number of aromatic nitrogens is 2. The van der Waals surface area contributed by atoms with Crippen LogP contribution in [0.4, 0.5) is 11.5 Å². The van der Waals surface area contributed by atoms with Crippen molar-refractivity contribution in [1.29, 1.82) is 0 Å². The van der Waals surface area contributed by atoms with Crippen LogP contribution in [-0.2, 0) is 6.54 Å². The summed E-state index contributed by atoms with van der Waals surface area (Å²) in [6, 6.07) is 16.7. The van der Waals surface area contributed by atoms with Crippen molar-refractivity contribution < 1.29 is 14.4 Å². The number of fused-ring (bicyclic) bond motifs is 1. The van der Waals surface area contributed by atoms with Gasteiger partial charge in [0.15, 0.2) is 5.60 Å². The van der Waals surface area contributed by atoms with Gasteiger partial charge >= 0.3 is 11.8 Å². The maximum absolute atomic E-state index is 10.9. The number of imidazole rings is 1. The van der Waals surface area contributed by atoms with Crippen LogP contribution in [0, 0.1) is 10.1 Å². The van der Waals surface area contributed by atoms with E-state index in [1.807, 2.05) is 19.1 Å². The minimum absolute atomic E-state index is 0.207. The number of nitro groups is 1. The Balaban J connectivity index is 1.07. The number of ether oxygens (including phenoxy) is 2. The Kier molecular flexibility index (Phi) is 6.97. The quantitative estimate of drug-likeness (QED) is 0.297. The third-order valence-electron chi connectivity index (χ3n) is 6.42. The number of hydrogen-bond donors (Lipinski definition) is 0. The number of nitrogens with zero attached hydrogens (tertiary/aromatic N) is 5. The van der Waals surface area contributed by atoms with Gasteiger partial charge in [0.05, 0.1) is 6.54 Å². The van der Waals surface area contributed by atoms with Gasteiger partial charge in [-0.25, -0.2) is 0 Å². The highest BCUT2D eigenvalue weighted by atomic mass is 79.9. The van der Waals surface area contributed by atoms with Crippen molar-refractivity contribution in [1.82, 2.24) is 14.5 Å². The third kappa shape index (κ3) is 5.71. The lowest BCUT2D eigenvalue weighted by Gasteiger charge is -2.35. The van der Waals surface area contributed by atoms with E-state index in [2.05, 4.69) is 79.3 Å². The van der Waals surface area contributed by atoms with E-state index in [0.29, 0.717) is 13.2 Å². The Morgan fingerprint density at radius 2 is 1.86 bits per heavy atom. The summed E-state index contributed by atoms with van der Waals surface area (Å²) in [4.78, 5) is 19.1. The van der Waals surface area contributed by atoms with Crippen molar-refractivity contribution in [2.24, 2.45) is 0 Å². The highest BCUT2D eigenvalue weighted by Crippen LogP contribution is 2.31. The second-order valence-electron chi connectivity index (χ2n) is 9.34. The van der Waals surface area contributed by atoms with E-state index in [4.69, 9.17) is 9.47 Å². The number of anilines is 1. The van der Waals surface area contributed by atoms with Crippen LogP contribution in [0.15, 0.2) is 65.3 Å². The maximum Gasteiger partial charge on any atom is 0.415 e. The molecule has 36 heavy (non-hydrogen) atoms. The molecule has 0 spiro atoms. The van der Waals surface area contributed by atoms with Crippen LogP contribution in [0.5, 0.6) is 11.8 Å². The predicted molar refractivity (Wildman–Crippen MR) is 142 cm³/mol. The first-order valence-electron chi connectivity index (χ1n) is 11.9. The fraction of sp³-hybridized carbons (Fsp3) is 0.346. The monoisotopic (exact) mass is 553 g/mol. The Hall–Kier alpha value is -3.37. The molecule has 3 heterocycles. The summed E-state index contributed by atoms with van der Waals surface area (Å²) in [5, 5.41) is 10.9. The van der Waals surface area contributed by atoms with Crippen LogP contribution in [0.25, 0.3) is 6.08 Å². The molecule has 10 heteroatoms. The average Bonchev–Trinajstić information content (AvgIpc) is 3.41. The molecule has 1 aromatic heterocycles. The van der Waals surface area contributed by atoms with Gasteiger partial charge in [-0.05, 0) is 53.8 Å². The molecule has 0 bridgehead atoms. The lowest BCUT2D eigenvalue weighted by atomic mass is 10.1. The largest absolute Gasteiger partial charge is 0.489 e. The Bertz CT molecular complexity index is 1210. The molecule has 9 nitrogen and oxygen atoms in total. The van der Waals surface area contributed by atoms with Gasteiger partial charge < -0.3 is 24.5 Å². The van der Waals surface area contributed by atoms with Gasteiger partial charge in [0.2, 0.25) is 0 Å². The van der Waals surface area contributed by atoms with Crippen LogP contribution in [-0.4, -0.2) is 64.3 Å². The van der Waals surface area contributed by atoms with E-state index in [0.717, 1.165) is 42.9 Å². The fourth-order valence-corrected chi connectivity index (χ4v) is 4.71. The van der Waals surface area contributed by atoms with E-state index in [-0.39, 0.29) is 11.8 Å². The van der Waals surface area contributed by atoms with Crippen LogP contribution in [0.2, 0.25) is 0 Å². The normalized spacial score (nSPS) is 19.9. The molecule has 1 unspecified atom stereocenters. The molecule has 0 aliphatic carbocycles. The average molecular weight is 554 g/mol. The second kappa shape index (κ2) is 10.3. The minimum Gasteiger partial charge on any atom is -0.489 e. The van der Waals surface area contributed by atoms with Crippen molar-refractivity contribution >= 4 is 33.5 Å². The molecule has 5 rings (SSSR count). The Morgan fingerprint density at radius 1 is 1.14 bits per heavy atom. The van der Waals surface area contributed by atoms with E-state index in [1.165, 1.54) is 17.4 Å². The first-order chi connectivity index (χ1) is 17.4. The van der Waals surface area contributed by atoms with Crippen LogP contribution in [0.1, 0.15) is 12.5 Å². The van der Waals surface area contributed by atoms with Gasteiger partial charge in [0, 0.05) is 47.9 Å². The van der Waals surface area contributed by atoms with Crippen molar-refractivity contribution in [3.63, 3.8) is 0 Å². The molecule has 188 valence electrons. The summed E-state index contributed by atoms with van der Waals surface area (Å²) in [7, 11) is 0. The van der Waals surface area contributed by atoms with Crippen molar-refractivity contribution in [3.05, 3.63) is 81.0 Å². The van der Waals surface area contributed by atoms with Gasteiger partial charge in [-0.15, -0.1) is 0 Å². The second-order valence-corrected chi connectivity index (χ2v) is 10.3. The molecule has 2 aliphatic heterocycles. The predicted octanol–water partition coefficient (Wildman–Crippen LogP) is 4.62. The summed E-state index contributed by atoms with van der Waals surface area (Å²) in [6.45, 7) is 7.63. The van der Waals surface area contributed by atoms with Crippen molar-refractivity contribution in [3.8, 4) is 11.8 Å². The first-order valence-corrected chi connectivity index (χ1v) is 12.7. The molecule has 2 aromatic carbocycles. The van der Waals surface area contributed by atoms with Crippen LogP contribution >= 0.6 is 15.9 Å². The molecule has 0 amide bonds. The highest BCUT2D eigenvalue weighted by Gasteiger charge is 2.41. The third-order valence-corrected chi connectivity index (χ3v) is 6.95. The van der Waals surface area contributed by atoms with Crippen molar-refractivity contribution in [2.45, 2.75) is 19.1 Å². The molecular weight excluding hydrogens is 526 g/mol. The molecule has 0 N–H and O–H groups in total. The minimum atomic E-state index is -0.627. The van der Waals surface area contributed by atoms with Crippen LogP contribution < -0.4 is 14.4 Å². The number of benzene rings is 2. The van der Waals surface area contributed by atoms with E-state index < -0.39 is 10.5 Å². The summed E-state index contributed by atoms with van der Waals surface area (Å²) < 4.78 is 14.6. The molecule has 0 radical (unpaired) electrons. The fourth-order valence-electron chi connectivity index (χ4n) is 4.45. The van der Waals surface area contributed by atoms with E-state index in [1.54, 1.807) is 4.57 Å². The lowest BCUT2D eigenvalue weighted by Crippen LogP contribution is -2.46. The Labute approximate surface area is 218 Å². The van der Waals surface area contributed by atoms with Crippen molar-refractivity contribution in [2.75, 3.05) is 44.2 Å². The molecule has 2 aliphatic rings. The SMILES string of the molecule is CC1(COc2ccc(N3CCN(CC=Cc4ccc(Br)cc4)CC3)cc2)Cn2cc([N+](=O)[O-])nc2O1. The first kappa shape index (κ1) is 24.3. The van der Waals surface area contributed by atoms with Gasteiger partial charge in [0.25, 0.3) is 0 Å². The van der Waals surface area contributed by atoms with E-state index in [9.17, 15) is 10.1 Å². The molecule has 0 saturated carbocycles. The summed E-state index contributed by atoms with van der Waals surface area (Å²) >= 11 is 3.47. The number of hydrogen-bond acceptors (Lipinski definition) is 7. The standard InChI is InChI=1S/C26H28BrN5O4/c1-26(18-31-17-24(32(33)34)28-25(31)36-26)19-35-23-10-8-22(9-11-23)30-15-13-29(14-16-30)12-2-3-20-4-6-21(27)7-5-20/h2-11,17H,12-16,18-19H2,1H3. The zero-order valence-electron chi connectivity index (χ0n) is 20.0. The molecule has 1 saturated heterocycles. The van der Waals surface area contributed by atoms with Gasteiger partial charge in [-0.3, -0.25) is 9.47 Å². The maximum atomic E-state index is 10.9. The number of rotatable bonds is 8. The van der Waals surface area contributed by atoms with Gasteiger partial charge in [0.1, 0.15) is 18.6 Å². The van der Waals surface area contributed by atoms with E-state index >= 15 is 0 Å². The molecule has 1 fully saturated rings. The zero-order valence-corrected chi connectivity index (χ0v) is 21.6. The molecule has 1 atom stereocenters. The topological polar surface area (TPSA) is 85.9 Å². The van der Waals surface area contributed by atoms with Gasteiger partial charge in [-0.1, -0.05) is 40.2 Å².